The summed E-state index contributed by atoms with van der Waals surface area (Å²) in [6.45, 7) is 6.69. The van der Waals surface area contributed by atoms with Crippen LogP contribution >= 0.6 is 34.4 Å². The van der Waals surface area contributed by atoms with Gasteiger partial charge in [0.2, 0.25) is 5.91 Å². The Hall–Kier alpha value is -1.64. The molecule has 1 amide bonds. The van der Waals surface area contributed by atoms with E-state index in [4.69, 9.17) is 5.73 Å². The first-order chi connectivity index (χ1) is 11.5. The SMILES string of the molecule is Cc1ccsc1CNC(=O)CSc1nc(N)c2c(C)c(C)sc2n1. The Kier molecular flexibility index (Phi) is 5.07. The molecule has 0 aliphatic heterocycles. The van der Waals surface area contributed by atoms with E-state index in [9.17, 15) is 4.79 Å². The molecule has 0 unspecified atom stereocenters. The van der Waals surface area contributed by atoms with E-state index in [0.717, 1.165) is 15.8 Å². The van der Waals surface area contributed by atoms with E-state index in [-0.39, 0.29) is 11.7 Å². The zero-order valence-electron chi connectivity index (χ0n) is 13.7. The van der Waals surface area contributed by atoms with Crippen molar-refractivity contribution in [3.8, 4) is 0 Å². The number of nitrogens with one attached hydrogen (secondary N) is 1. The van der Waals surface area contributed by atoms with E-state index >= 15 is 0 Å². The number of fused-ring (bicyclic) bond motifs is 1. The Morgan fingerprint density at radius 2 is 2.12 bits per heavy atom. The molecule has 3 N–H and O–H groups in total. The molecule has 5 nitrogen and oxygen atoms in total. The van der Waals surface area contributed by atoms with E-state index in [1.54, 1.807) is 22.7 Å². The number of thiophene rings is 2. The fourth-order valence-electron chi connectivity index (χ4n) is 2.27. The summed E-state index contributed by atoms with van der Waals surface area (Å²) < 4.78 is 0. The van der Waals surface area contributed by atoms with E-state index in [1.165, 1.54) is 27.1 Å². The van der Waals surface area contributed by atoms with Crippen LogP contribution in [0, 0.1) is 20.8 Å². The molecule has 24 heavy (non-hydrogen) atoms. The minimum atomic E-state index is -0.0337. The molecule has 0 bridgehead atoms. The van der Waals surface area contributed by atoms with Crippen molar-refractivity contribution in [1.29, 1.82) is 0 Å². The van der Waals surface area contributed by atoms with Crippen molar-refractivity contribution in [3.63, 3.8) is 0 Å². The lowest BCUT2D eigenvalue weighted by atomic mass is 10.2. The lowest BCUT2D eigenvalue weighted by Crippen LogP contribution is -2.24. The van der Waals surface area contributed by atoms with Crippen LogP contribution in [0.2, 0.25) is 0 Å². The van der Waals surface area contributed by atoms with Gasteiger partial charge < -0.3 is 11.1 Å². The zero-order chi connectivity index (χ0) is 17.3. The largest absolute Gasteiger partial charge is 0.383 e. The van der Waals surface area contributed by atoms with Crippen LogP contribution in [-0.2, 0) is 11.3 Å². The lowest BCUT2D eigenvalue weighted by molar-refractivity contribution is -0.118. The fourth-order valence-corrected chi connectivity index (χ4v) is 4.89. The molecule has 0 aliphatic carbocycles. The molecule has 0 saturated heterocycles. The molecule has 0 fully saturated rings. The highest BCUT2D eigenvalue weighted by molar-refractivity contribution is 7.99. The number of carbonyl (C=O) groups is 1. The maximum absolute atomic E-state index is 12.0. The van der Waals surface area contributed by atoms with Gasteiger partial charge in [0.05, 0.1) is 17.7 Å². The highest BCUT2D eigenvalue weighted by Crippen LogP contribution is 2.33. The van der Waals surface area contributed by atoms with Gasteiger partial charge in [0.1, 0.15) is 10.6 Å². The van der Waals surface area contributed by atoms with Crippen LogP contribution in [0.4, 0.5) is 5.82 Å². The first-order valence-corrected chi connectivity index (χ1v) is 10.1. The molecule has 3 heterocycles. The number of rotatable bonds is 5. The molecule has 0 radical (unpaired) electrons. The quantitative estimate of drug-likeness (QED) is 0.523. The summed E-state index contributed by atoms with van der Waals surface area (Å²) in [6.07, 6.45) is 0. The minimum absolute atomic E-state index is 0.0337. The normalized spacial score (nSPS) is 11.1. The molecule has 126 valence electrons. The number of thioether (sulfide) groups is 1. The molecule has 0 spiro atoms. The summed E-state index contributed by atoms with van der Waals surface area (Å²) in [5.41, 5.74) is 8.40. The van der Waals surface area contributed by atoms with Crippen molar-refractivity contribution in [3.05, 3.63) is 32.3 Å². The van der Waals surface area contributed by atoms with Crippen molar-refractivity contribution in [1.82, 2.24) is 15.3 Å². The number of anilines is 1. The smallest absolute Gasteiger partial charge is 0.230 e. The number of amides is 1. The first kappa shape index (κ1) is 17.2. The number of nitrogen functional groups attached to an aromatic ring is 1. The Bertz CT molecular complexity index is 900. The highest BCUT2D eigenvalue weighted by Gasteiger charge is 2.14. The second kappa shape index (κ2) is 7.08. The number of hydrogen-bond acceptors (Lipinski definition) is 7. The van der Waals surface area contributed by atoms with Gasteiger partial charge in [-0.05, 0) is 43.3 Å². The van der Waals surface area contributed by atoms with Crippen LogP contribution in [0.3, 0.4) is 0 Å². The minimum Gasteiger partial charge on any atom is -0.383 e. The molecule has 0 aliphatic rings. The summed E-state index contributed by atoms with van der Waals surface area (Å²) in [5, 5.41) is 6.43. The van der Waals surface area contributed by atoms with Gasteiger partial charge in [-0.1, -0.05) is 11.8 Å². The molecule has 3 rings (SSSR count). The number of hydrogen-bond donors (Lipinski definition) is 2. The average Bonchev–Trinajstić information content (AvgIpc) is 3.07. The Morgan fingerprint density at radius 1 is 1.33 bits per heavy atom. The van der Waals surface area contributed by atoms with Crippen molar-refractivity contribution < 1.29 is 4.79 Å². The average molecular weight is 379 g/mol. The molecule has 0 aromatic carbocycles. The molecule has 3 aromatic heterocycles. The maximum Gasteiger partial charge on any atom is 0.230 e. The van der Waals surface area contributed by atoms with Crippen molar-refractivity contribution in [2.24, 2.45) is 0 Å². The van der Waals surface area contributed by atoms with Crippen LogP contribution in [0.5, 0.6) is 0 Å². The van der Waals surface area contributed by atoms with Gasteiger partial charge in [-0.2, -0.15) is 0 Å². The monoisotopic (exact) mass is 378 g/mol. The second-order valence-corrected chi connectivity index (χ2v) is 8.59. The summed E-state index contributed by atoms with van der Waals surface area (Å²) in [6, 6.07) is 2.05. The van der Waals surface area contributed by atoms with E-state index < -0.39 is 0 Å². The standard InChI is InChI=1S/C16H18N4OS3/c1-8-4-5-22-11(8)6-18-12(21)7-23-16-19-14(17)13-9(2)10(3)24-15(13)20-16/h4-5H,6-7H2,1-3H3,(H,18,21)(H2,17,19,20). The number of aryl methyl sites for hydroxylation is 3. The summed E-state index contributed by atoms with van der Waals surface area (Å²) in [5.74, 6) is 0.728. The summed E-state index contributed by atoms with van der Waals surface area (Å²) in [7, 11) is 0. The van der Waals surface area contributed by atoms with Gasteiger partial charge >= 0.3 is 0 Å². The van der Waals surface area contributed by atoms with Crippen LogP contribution < -0.4 is 11.1 Å². The Labute approximate surface area is 152 Å². The lowest BCUT2D eigenvalue weighted by Gasteiger charge is -2.05. The number of nitrogens with two attached hydrogens (primary N) is 1. The maximum atomic E-state index is 12.0. The van der Waals surface area contributed by atoms with Crippen LogP contribution in [0.15, 0.2) is 16.6 Å². The molecule has 3 aromatic rings. The van der Waals surface area contributed by atoms with Crippen LogP contribution in [0.1, 0.15) is 20.9 Å². The van der Waals surface area contributed by atoms with Crippen LogP contribution in [0.25, 0.3) is 10.2 Å². The highest BCUT2D eigenvalue weighted by atomic mass is 32.2. The van der Waals surface area contributed by atoms with Gasteiger partial charge in [-0.25, -0.2) is 9.97 Å². The fraction of sp³-hybridized carbons (Fsp3) is 0.312. The number of carbonyl (C=O) groups excluding carboxylic acids is 1. The van der Waals surface area contributed by atoms with E-state index in [1.807, 2.05) is 26.2 Å². The number of aromatic nitrogens is 2. The van der Waals surface area contributed by atoms with Gasteiger partial charge in [0, 0.05) is 9.75 Å². The zero-order valence-corrected chi connectivity index (χ0v) is 16.1. The second-order valence-electron chi connectivity index (χ2n) is 5.45. The summed E-state index contributed by atoms with van der Waals surface area (Å²) >= 11 is 4.57. The first-order valence-electron chi connectivity index (χ1n) is 7.41. The third kappa shape index (κ3) is 3.55. The Balaban J connectivity index is 1.63. The van der Waals surface area contributed by atoms with Gasteiger partial charge in [-0.3, -0.25) is 4.79 Å². The van der Waals surface area contributed by atoms with Crippen LogP contribution in [-0.4, -0.2) is 21.6 Å². The van der Waals surface area contributed by atoms with Gasteiger partial charge in [0.25, 0.3) is 0 Å². The third-order valence-electron chi connectivity index (χ3n) is 3.78. The van der Waals surface area contributed by atoms with E-state index in [2.05, 4.69) is 21.4 Å². The van der Waals surface area contributed by atoms with Gasteiger partial charge in [0.15, 0.2) is 5.16 Å². The van der Waals surface area contributed by atoms with Crippen molar-refractivity contribution in [2.75, 3.05) is 11.5 Å². The molecular formula is C16H18N4OS3. The summed E-state index contributed by atoms with van der Waals surface area (Å²) in [4.78, 5) is 24.1. The molecule has 8 heteroatoms. The number of nitrogens with zero attached hydrogens (tertiary/aromatic N) is 2. The van der Waals surface area contributed by atoms with Gasteiger partial charge in [-0.15, -0.1) is 22.7 Å². The molecular weight excluding hydrogens is 360 g/mol. The van der Waals surface area contributed by atoms with Crippen molar-refractivity contribution in [2.45, 2.75) is 32.5 Å². The topological polar surface area (TPSA) is 80.9 Å². The predicted octanol–water partition coefficient (Wildman–Crippen LogP) is 3.67. The third-order valence-corrected chi connectivity index (χ3v) is 6.75. The Morgan fingerprint density at radius 3 is 2.83 bits per heavy atom. The van der Waals surface area contributed by atoms with Crippen molar-refractivity contribution >= 4 is 56.4 Å². The predicted molar refractivity (Wildman–Crippen MR) is 103 cm³/mol. The molecule has 0 atom stereocenters. The van der Waals surface area contributed by atoms with E-state index in [0.29, 0.717) is 17.5 Å². The molecule has 0 saturated carbocycles.